The summed E-state index contributed by atoms with van der Waals surface area (Å²) in [6.07, 6.45) is 3.20. The van der Waals surface area contributed by atoms with Crippen LogP contribution < -0.4 is 10.9 Å². The van der Waals surface area contributed by atoms with Gasteiger partial charge in [0.15, 0.2) is 6.10 Å². The number of aryl methyl sites for hydroxylation is 4. The van der Waals surface area contributed by atoms with Crippen molar-refractivity contribution in [2.45, 2.75) is 58.5 Å². The number of H-pyrrole nitrogens is 1. The summed E-state index contributed by atoms with van der Waals surface area (Å²) in [5, 5.41) is 3.20. The molecule has 1 aliphatic rings. The van der Waals surface area contributed by atoms with E-state index in [2.05, 4.69) is 15.3 Å². The fourth-order valence-electron chi connectivity index (χ4n) is 3.77. The number of rotatable bonds is 6. The Hall–Kier alpha value is -3.07. The van der Waals surface area contributed by atoms with E-state index in [9.17, 15) is 18.8 Å². The van der Waals surface area contributed by atoms with E-state index in [-0.39, 0.29) is 24.1 Å². The number of benzene rings is 1. The molecule has 168 valence electrons. The molecule has 3 aromatic rings. The first-order chi connectivity index (χ1) is 15.3. The van der Waals surface area contributed by atoms with Gasteiger partial charge in [0, 0.05) is 17.0 Å². The van der Waals surface area contributed by atoms with E-state index in [1.165, 1.54) is 17.9 Å². The molecule has 9 heteroatoms. The van der Waals surface area contributed by atoms with Crippen LogP contribution in [0.1, 0.15) is 48.0 Å². The summed E-state index contributed by atoms with van der Waals surface area (Å²) in [7, 11) is 0. The van der Waals surface area contributed by atoms with Gasteiger partial charge in [0.2, 0.25) is 0 Å². The molecule has 2 aromatic heterocycles. The number of nitrogens with one attached hydrogen (secondary N) is 2. The normalized spacial score (nSPS) is 14.1. The highest BCUT2D eigenvalue weighted by Gasteiger charge is 2.21. The average molecular weight is 458 g/mol. The Kier molecular flexibility index (Phi) is 6.36. The van der Waals surface area contributed by atoms with Gasteiger partial charge in [-0.1, -0.05) is 6.07 Å². The number of carbonyl (C=O) groups is 2. The minimum atomic E-state index is -1.05. The number of hydrogen-bond donors (Lipinski definition) is 2. The molecule has 0 fully saturated rings. The van der Waals surface area contributed by atoms with Crippen LogP contribution in [0.25, 0.3) is 10.2 Å². The van der Waals surface area contributed by atoms with Gasteiger partial charge in [-0.2, -0.15) is 0 Å². The summed E-state index contributed by atoms with van der Waals surface area (Å²) < 4.78 is 18.8. The van der Waals surface area contributed by atoms with Crippen LogP contribution in [0.2, 0.25) is 0 Å². The lowest BCUT2D eigenvalue weighted by Gasteiger charge is -2.14. The number of aromatic amines is 1. The van der Waals surface area contributed by atoms with Gasteiger partial charge in [0.1, 0.15) is 16.5 Å². The molecule has 0 aliphatic heterocycles. The average Bonchev–Trinajstić information content (AvgIpc) is 3.13. The van der Waals surface area contributed by atoms with Crippen LogP contribution in [-0.2, 0) is 33.6 Å². The molecule has 0 bridgehead atoms. The summed E-state index contributed by atoms with van der Waals surface area (Å²) in [6.45, 7) is 3.07. The summed E-state index contributed by atoms with van der Waals surface area (Å²) in [4.78, 5) is 46.3. The van der Waals surface area contributed by atoms with Crippen LogP contribution in [0, 0.1) is 12.7 Å². The third-order valence-corrected chi connectivity index (χ3v) is 6.74. The minimum Gasteiger partial charge on any atom is -0.453 e. The number of amides is 1. The number of anilines is 1. The Bertz CT molecular complexity index is 1250. The molecule has 2 N–H and O–H groups in total. The molecule has 0 spiro atoms. The quantitative estimate of drug-likeness (QED) is 0.548. The van der Waals surface area contributed by atoms with Crippen LogP contribution in [0.3, 0.4) is 0 Å². The van der Waals surface area contributed by atoms with Gasteiger partial charge >= 0.3 is 5.97 Å². The van der Waals surface area contributed by atoms with Crippen molar-refractivity contribution >= 4 is 39.1 Å². The lowest BCUT2D eigenvalue weighted by molar-refractivity contribution is -0.153. The lowest BCUT2D eigenvalue weighted by Crippen LogP contribution is -2.30. The van der Waals surface area contributed by atoms with E-state index in [4.69, 9.17) is 4.74 Å². The maximum atomic E-state index is 13.6. The standard InChI is InChI=1S/C23H24FN3O4S/c1-12-7-8-14(11-16(12)24)25-21(29)13(2)31-19(28)10-9-18-26-22(30)20-15-5-3-4-6-17(15)32-23(20)27-18/h7-8,11,13H,3-6,9-10H2,1-2H3,(H,25,29)(H,26,27,30). The van der Waals surface area contributed by atoms with Crippen LogP contribution in [0.15, 0.2) is 23.0 Å². The highest BCUT2D eigenvalue weighted by atomic mass is 32.1. The molecule has 0 radical (unpaired) electrons. The van der Waals surface area contributed by atoms with Gasteiger partial charge in [0.05, 0.1) is 11.8 Å². The van der Waals surface area contributed by atoms with Gasteiger partial charge in [-0.3, -0.25) is 14.4 Å². The van der Waals surface area contributed by atoms with E-state index in [0.29, 0.717) is 21.6 Å². The number of carbonyl (C=O) groups excluding carboxylic acids is 2. The Morgan fingerprint density at radius 1 is 1.31 bits per heavy atom. The van der Waals surface area contributed by atoms with Crippen molar-refractivity contribution in [3.8, 4) is 0 Å². The zero-order valence-electron chi connectivity index (χ0n) is 17.9. The predicted octanol–water partition coefficient (Wildman–Crippen LogP) is 3.81. The topological polar surface area (TPSA) is 101 Å². The summed E-state index contributed by atoms with van der Waals surface area (Å²) in [5.74, 6) is -1.16. The number of aromatic nitrogens is 2. The largest absolute Gasteiger partial charge is 0.453 e. The Balaban J connectivity index is 1.35. The maximum absolute atomic E-state index is 13.6. The summed E-state index contributed by atoms with van der Waals surface area (Å²) in [6, 6.07) is 4.34. The van der Waals surface area contributed by atoms with Crippen molar-refractivity contribution in [2.75, 3.05) is 5.32 Å². The molecular formula is C23H24FN3O4S. The van der Waals surface area contributed by atoms with E-state index >= 15 is 0 Å². The minimum absolute atomic E-state index is 0.0314. The maximum Gasteiger partial charge on any atom is 0.307 e. The Morgan fingerprint density at radius 3 is 2.88 bits per heavy atom. The van der Waals surface area contributed by atoms with Gasteiger partial charge in [-0.25, -0.2) is 9.37 Å². The van der Waals surface area contributed by atoms with Crippen molar-refractivity contribution in [1.82, 2.24) is 9.97 Å². The number of hydrogen-bond acceptors (Lipinski definition) is 6. The fraction of sp³-hybridized carbons (Fsp3) is 0.391. The zero-order valence-corrected chi connectivity index (χ0v) is 18.7. The van der Waals surface area contributed by atoms with Gasteiger partial charge < -0.3 is 15.0 Å². The van der Waals surface area contributed by atoms with Gasteiger partial charge in [0.25, 0.3) is 11.5 Å². The molecule has 0 saturated heterocycles. The van der Waals surface area contributed by atoms with Crippen molar-refractivity contribution in [3.05, 3.63) is 56.2 Å². The molecular weight excluding hydrogens is 433 g/mol. The Labute approximate surface area is 188 Å². The molecule has 1 amide bonds. The summed E-state index contributed by atoms with van der Waals surface area (Å²) in [5.41, 5.74) is 1.70. The van der Waals surface area contributed by atoms with Crippen LogP contribution in [0.5, 0.6) is 0 Å². The van der Waals surface area contributed by atoms with Gasteiger partial charge in [-0.05, 0) is 62.8 Å². The van der Waals surface area contributed by atoms with Crippen molar-refractivity contribution in [2.24, 2.45) is 0 Å². The second-order valence-corrected chi connectivity index (χ2v) is 9.07. The van der Waals surface area contributed by atoms with Crippen LogP contribution in [0.4, 0.5) is 10.1 Å². The van der Waals surface area contributed by atoms with Crippen molar-refractivity contribution in [1.29, 1.82) is 0 Å². The zero-order chi connectivity index (χ0) is 22.8. The first-order valence-corrected chi connectivity index (χ1v) is 11.4. The number of halogens is 1. The SMILES string of the molecule is Cc1ccc(NC(=O)C(C)OC(=O)CCc2nc3sc4c(c3c(=O)[nH]2)CCCC4)cc1F. The van der Waals surface area contributed by atoms with E-state index in [1.807, 2.05) is 0 Å². The van der Waals surface area contributed by atoms with Gasteiger partial charge in [-0.15, -0.1) is 11.3 Å². The predicted molar refractivity (Wildman–Crippen MR) is 121 cm³/mol. The fourth-order valence-corrected chi connectivity index (χ4v) is 5.05. The molecule has 2 heterocycles. The number of nitrogens with zero attached hydrogens (tertiary/aromatic N) is 1. The first-order valence-electron chi connectivity index (χ1n) is 10.6. The molecule has 32 heavy (non-hydrogen) atoms. The highest BCUT2D eigenvalue weighted by molar-refractivity contribution is 7.18. The number of fused-ring (bicyclic) bond motifs is 3. The highest BCUT2D eigenvalue weighted by Crippen LogP contribution is 2.33. The number of ether oxygens (including phenoxy) is 1. The molecule has 1 atom stereocenters. The molecule has 1 aromatic carbocycles. The van der Waals surface area contributed by atoms with Crippen molar-refractivity contribution in [3.63, 3.8) is 0 Å². The van der Waals surface area contributed by atoms with Crippen LogP contribution in [-0.4, -0.2) is 27.9 Å². The molecule has 4 rings (SSSR count). The second kappa shape index (κ2) is 9.20. The van der Waals surface area contributed by atoms with Crippen molar-refractivity contribution < 1.29 is 18.7 Å². The molecule has 0 saturated carbocycles. The smallest absolute Gasteiger partial charge is 0.307 e. The molecule has 1 aliphatic carbocycles. The lowest BCUT2D eigenvalue weighted by atomic mass is 9.97. The van der Waals surface area contributed by atoms with E-state index < -0.39 is 23.8 Å². The van der Waals surface area contributed by atoms with E-state index in [1.54, 1.807) is 30.4 Å². The molecule has 1 unspecified atom stereocenters. The number of esters is 1. The number of thiophene rings is 1. The monoisotopic (exact) mass is 457 g/mol. The Morgan fingerprint density at radius 2 is 2.09 bits per heavy atom. The third kappa shape index (κ3) is 4.72. The summed E-state index contributed by atoms with van der Waals surface area (Å²) >= 11 is 1.55. The van der Waals surface area contributed by atoms with Crippen LogP contribution >= 0.6 is 11.3 Å². The molecule has 7 nitrogen and oxygen atoms in total. The second-order valence-electron chi connectivity index (χ2n) is 7.99. The first kappa shape index (κ1) is 22.1. The third-order valence-electron chi connectivity index (χ3n) is 5.56. The van der Waals surface area contributed by atoms with E-state index in [0.717, 1.165) is 31.2 Å².